The fraction of sp³-hybridized carbons (Fsp3) is 0.0714. The van der Waals surface area contributed by atoms with E-state index in [2.05, 4.69) is 15.5 Å². The van der Waals surface area contributed by atoms with E-state index in [1.54, 1.807) is 0 Å². The standard InChI is InChI=1S/C14H11Cl3N4O3/c1-5(7-4-6(22)2-3-8(7)23)20-21-14(24)12-9(15)11(18)10(16)13(17)19-12/h2-4,22-23H,1H3,(H2,18,19)(H,21,24). The van der Waals surface area contributed by atoms with Crippen LogP contribution in [0, 0.1) is 0 Å². The molecule has 0 saturated carbocycles. The summed E-state index contributed by atoms with van der Waals surface area (Å²) < 4.78 is 0. The number of aromatic nitrogens is 1. The molecule has 0 aliphatic carbocycles. The van der Waals surface area contributed by atoms with E-state index in [-0.39, 0.29) is 49.4 Å². The van der Waals surface area contributed by atoms with Crippen molar-refractivity contribution in [2.75, 3.05) is 5.73 Å². The van der Waals surface area contributed by atoms with Gasteiger partial charge >= 0.3 is 0 Å². The lowest BCUT2D eigenvalue weighted by atomic mass is 10.1. The molecule has 0 fully saturated rings. The van der Waals surface area contributed by atoms with Gasteiger partial charge in [0.15, 0.2) is 10.8 Å². The van der Waals surface area contributed by atoms with Crippen molar-refractivity contribution in [3.05, 3.63) is 44.7 Å². The first-order chi connectivity index (χ1) is 11.2. The maximum absolute atomic E-state index is 12.1. The second-order valence-corrected chi connectivity index (χ2v) is 5.75. The number of amides is 1. The lowest BCUT2D eigenvalue weighted by Crippen LogP contribution is -2.21. The van der Waals surface area contributed by atoms with Crippen LogP contribution >= 0.6 is 34.8 Å². The average molecular weight is 390 g/mol. The van der Waals surface area contributed by atoms with Crippen molar-refractivity contribution < 1.29 is 15.0 Å². The van der Waals surface area contributed by atoms with E-state index >= 15 is 0 Å². The van der Waals surface area contributed by atoms with Gasteiger partial charge in [0.1, 0.15) is 16.5 Å². The summed E-state index contributed by atoms with van der Waals surface area (Å²) in [5, 5.41) is 22.6. The van der Waals surface area contributed by atoms with E-state index in [4.69, 9.17) is 40.5 Å². The van der Waals surface area contributed by atoms with Gasteiger partial charge in [-0.25, -0.2) is 10.4 Å². The Labute approximate surface area is 151 Å². The normalized spacial score (nSPS) is 11.4. The molecule has 1 amide bonds. The number of phenols is 2. The molecular formula is C14H11Cl3N4O3. The van der Waals surface area contributed by atoms with Crippen molar-refractivity contribution in [1.29, 1.82) is 0 Å². The number of nitrogens with zero attached hydrogens (tertiary/aromatic N) is 2. The molecule has 0 aliphatic rings. The van der Waals surface area contributed by atoms with Crippen molar-refractivity contribution in [2.24, 2.45) is 5.10 Å². The monoisotopic (exact) mass is 388 g/mol. The Balaban J connectivity index is 2.29. The molecule has 1 aromatic heterocycles. The molecule has 0 saturated heterocycles. The number of aromatic hydroxyl groups is 2. The fourth-order valence-electron chi connectivity index (χ4n) is 1.74. The van der Waals surface area contributed by atoms with Crippen molar-refractivity contribution in [3.63, 3.8) is 0 Å². The first-order valence-electron chi connectivity index (χ1n) is 6.39. The number of anilines is 1. The molecule has 0 spiro atoms. The van der Waals surface area contributed by atoms with E-state index < -0.39 is 5.91 Å². The summed E-state index contributed by atoms with van der Waals surface area (Å²) in [6, 6.07) is 3.90. The molecule has 0 unspecified atom stereocenters. The average Bonchev–Trinajstić information content (AvgIpc) is 2.55. The third-order valence-corrected chi connectivity index (χ3v) is 4.12. The Kier molecular flexibility index (Phi) is 5.38. The predicted octanol–water partition coefficient (Wildman–Crippen LogP) is 3.19. The molecule has 1 heterocycles. The number of hydrogen-bond acceptors (Lipinski definition) is 6. The van der Waals surface area contributed by atoms with E-state index in [0.717, 1.165) is 0 Å². The first-order valence-corrected chi connectivity index (χ1v) is 7.52. The zero-order chi connectivity index (χ0) is 18.0. The zero-order valence-electron chi connectivity index (χ0n) is 12.1. The number of benzene rings is 1. The number of hydrogen-bond donors (Lipinski definition) is 4. The molecule has 10 heteroatoms. The molecule has 2 rings (SSSR count). The van der Waals surface area contributed by atoms with E-state index in [9.17, 15) is 15.0 Å². The van der Waals surface area contributed by atoms with Crippen LogP contribution in [0.15, 0.2) is 23.3 Å². The smallest absolute Gasteiger partial charge is 0.291 e. The molecule has 0 aliphatic heterocycles. The summed E-state index contributed by atoms with van der Waals surface area (Å²) in [4.78, 5) is 15.9. The van der Waals surface area contributed by atoms with Crippen LogP contribution in [0.25, 0.3) is 0 Å². The van der Waals surface area contributed by atoms with Crippen LogP contribution in [0.3, 0.4) is 0 Å². The molecule has 0 radical (unpaired) electrons. The van der Waals surface area contributed by atoms with Gasteiger partial charge < -0.3 is 15.9 Å². The number of carbonyl (C=O) groups excluding carboxylic acids is 1. The third-order valence-electron chi connectivity index (χ3n) is 2.98. The van der Waals surface area contributed by atoms with Crippen molar-refractivity contribution in [3.8, 4) is 11.5 Å². The number of nitrogens with two attached hydrogens (primary N) is 1. The highest BCUT2D eigenvalue weighted by Gasteiger charge is 2.19. The summed E-state index contributed by atoms with van der Waals surface area (Å²) in [5.74, 6) is -0.951. The van der Waals surface area contributed by atoms with Gasteiger partial charge in [-0.3, -0.25) is 4.79 Å². The third kappa shape index (κ3) is 3.64. The van der Waals surface area contributed by atoms with Gasteiger partial charge in [0, 0.05) is 5.56 Å². The SMILES string of the molecule is CC(=NNC(=O)c1nc(Cl)c(Cl)c(N)c1Cl)c1cc(O)ccc1O. The molecule has 1 aromatic carbocycles. The van der Waals surface area contributed by atoms with Gasteiger partial charge in [-0.1, -0.05) is 34.8 Å². The quantitative estimate of drug-likeness (QED) is 0.278. The number of rotatable bonds is 3. The van der Waals surface area contributed by atoms with Crippen molar-refractivity contribution in [1.82, 2.24) is 10.4 Å². The van der Waals surface area contributed by atoms with Crippen LogP contribution in [0.4, 0.5) is 5.69 Å². The van der Waals surface area contributed by atoms with E-state index in [1.165, 1.54) is 25.1 Å². The second-order valence-electron chi connectivity index (χ2n) is 4.63. The minimum Gasteiger partial charge on any atom is -0.508 e. The maximum atomic E-state index is 12.1. The highest BCUT2D eigenvalue weighted by Crippen LogP contribution is 2.34. The Morgan fingerprint density at radius 1 is 1.25 bits per heavy atom. The number of phenolic OH excluding ortho intramolecular Hbond substituents is 2. The minimum atomic E-state index is -0.774. The fourth-order valence-corrected chi connectivity index (χ4v) is 2.34. The summed E-state index contributed by atoms with van der Waals surface area (Å²) in [7, 11) is 0. The highest BCUT2D eigenvalue weighted by molar-refractivity contribution is 6.46. The number of nitrogen functional groups attached to an aromatic ring is 1. The van der Waals surface area contributed by atoms with Gasteiger partial charge in [0.2, 0.25) is 0 Å². The lowest BCUT2D eigenvalue weighted by molar-refractivity contribution is 0.0950. The number of hydrazone groups is 1. The second kappa shape index (κ2) is 7.12. The van der Waals surface area contributed by atoms with Crippen LogP contribution in [-0.2, 0) is 0 Å². The molecular weight excluding hydrogens is 379 g/mol. The number of carbonyl (C=O) groups is 1. The van der Waals surface area contributed by atoms with E-state index in [0.29, 0.717) is 0 Å². The summed E-state index contributed by atoms with van der Waals surface area (Å²) >= 11 is 17.5. The van der Waals surface area contributed by atoms with Crippen LogP contribution in [0.2, 0.25) is 15.2 Å². The van der Waals surface area contributed by atoms with E-state index in [1.807, 2.05) is 0 Å². The molecule has 7 nitrogen and oxygen atoms in total. The number of pyridine rings is 1. The summed E-state index contributed by atoms with van der Waals surface area (Å²) in [6.45, 7) is 1.52. The van der Waals surface area contributed by atoms with Gasteiger partial charge in [-0.05, 0) is 25.1 Å². The molecule has 126 valence electrons. The molecule has 2 aromatic rings. The van der Waals surface area contributed by atoms with Crippen LogP contribution in [0.5, 0.6) is 11.5 Å². The Bertz CT molecular complexity index is 856. The van der Waals surface area contributed by atoms with Crippen molar-refractivity contribution >= 4 is 52.1 Å². The first kappa shape index (κ1) is 18.1. The van der Waals surface area contributed by atoms with Crippen LogP contribution in [0.1, 0.15) is 23.0 Å². The predicted molar refractivity (Wildman–Crippen MR) is 93.1 cm³/mol. The largest absolute Gasteiger partial charge is 0.508 e. The van der Waals surface area contributed by atoms with Crippen molar-refractivity contribution in [2.45, 2.75) is 6.92 Å². The minimum absolute atomic E-state index is 0.0532. The Morgan fingerprint density at radius 2 is 1.92 bits per heavy atom. The molecule has 24 heavy (non-hydrogen) atoms. The van der Waals surface area contributed by atoms with Crippen LogP contribution < -0.4 is 11.2 Å². The number of halogens is 3. The molecule has 0 atom stereocenters. The number of nitrogens with one attached hydrogen (secondary N) is 1. The molecule has 0 bridgehead atoms. The zero-order valence-corrected chi connectivity index (χ0v) is 14.4. The molecule has 5 N–H and O–H groups in total. The van der Waals surface area contributed by atoms with Gasteiger partial charge in [-0.15, -0.1) is 0 Å². The van der Waals surface area contributed by atoms with Gasteiger partial charge in [0.25, 0.3) is 5.91 Å². The lowest BCUT2D eigenvalue weighted by Gasteiger charge is -2.09. The van der Waals surface area contributed by atoms with Crippen LogP contribution in [-0.4, -0.2) is 26.8 Å². The summed E-state index contributed by atoms with van der Waals surface area (Å²) in [5.41, 5.74) is 8.00. The Hall–Kier alpha value is -2.22. The van der Waals surface area contributed by atoms with Gasteiger partial charge in [-0.2, -0.15) is 5.10 Å². The topological polar surface area (TPSA) is 121 Å². The highest BCUT2D eigenvalue weighted by atomic mass is 35.5. The maximum Gasteiger partial charge on any atom is 0.291 e. The Morgan fingerprint density at radius 3 is 2.58 bits per heavy atom. The summed E-state index contributed by atoms with van der Waals surface area (Å²) in [6.07, 6.45) is 0. The van der Waals surface area contributed by atoms with Gasteiger partial charge in [0.05, 0.1) is 16.4 Å².